The second kappa shape index (κ2) is 7.99. The molecule has 0 aromatic heterocycles. The van der Waals surface area contributed by atoms with Crippen molar-refractivity contribution in [2.24, 2.45) is 17.1 Å². The van der Waals surface area contributed by atoms with E-state index in [4.69, 9.17) is 5.73 Å². The molecular weight excluding hydrogens is 250 g/mol. The quantitative estimate of drug-likeness (QED) is 0.733. The molecule has 4 heteroatoms. The lowest BCUT2D eigenvalue weighted by Crippen LogP contribution is -2.41. The van der Waals surface area contributed by atoms with Crippen molar-refractivity contribution in [1.82, 2.24) is 10.2 Å². The Morgan fingerprint density at radius 1 is 1.35 bits per heavy atom. The summed E-state index contributed by atoms with van der Waals surface area (Å²) >= 11 is 0. The van der Waals surface area contributed by atoms with E-state index in [1.165, 1.54) is 25.9 Å². The number of nitrogens with zero attached hydrogens (tertiary/aromatic N) is 1. The summed E-state index contributed by atoms with van der Waals surface area (Å²) < 4.78 is 0. The van der Waals surface area contributed by atoms with Crippen LogP contribution in [0.3, 0.4) is 0 Å². The average Bonchev–Trinajstić information content (AvgIpc) is 2.35. The molecule has 1 heterocycles. The predicted octanol–water partition coefficient (Wildman–Crippen LogP) is 1.99. The zero-order chi connectivity index (χ0) is 15.2. The van der Waals surface area contributed by atoms with Gasteiger partial charge >= 0.3 is 0 Å². The van der Waals surface area contributed by atoms with Gasteiger partial charge in [-0.2, -0.15) is 0 Å². The molecule has 1 aliphatic rings. The fourth-order valence-corrected chi connectivity index (χ4v) is 2.39. The topological polar surface area (TPSA) is 58.4 Å². The number of amides is 1. The van der Waals surface area contributed by atoms with Gasteiger partial charge in [0.2, 0.25) is 5.91 Å². The second-order valence-electron chi connectivity index (χ2n) is 7.40. The van der Waals surface area contributed by atoms with Crippen LogP contribution >= 0.6 is 0 Å². The largest absolute Gasteiger partial charge is 0.356 e. The van der Waals surface area contributed by atoms with E-state index in [1.54, 1.807) is 0 Å². The molecule has 1 rings (SSSR count). The fraction of sp³-hybridized carbons (Fsp3) is 0.938. The van der Waals surface area contributed by atoms with Crippen LogP contribution in [0.15, 0.2) is 0 Å². The first-order valence-corrected chi connectivity index (χ1v) is 8.03. The summed E-state index contributed by atoms with van der Waals surface area (Å²) in [5.74, 6) is 0.963. The molecule has 20 heavy (non-hydrogen) atoms. The molecular formula is C16H33N3O. The number of piperidine rings is 1. The van der Waals surface area contributed by atoms with Gasteiger partial charge in [0, 0.05) is 19.0 Å². The summed E-state index contributed by atoms with van der Waals surface area (Å²) in [4.78, 5) is 14.3. The zero-order valence-corrected chi connectivity index (χ0v) is 13.7. The second-order valence-corrected chi connectivity index (χ2v) is 7.40. The third-order valence-corrected chi connectivity index (χ3v) is 4.37. The smallest absolute Gasteiger partial charge is 0.221 e. The van der Waals surface area contributed by atoms with Gasteiger partial charge in [-0.3, -0.25) is 4.79 Å². The molecule has 1 aliphatic heterocycles. The van der Waals surface area contributed by atoms with Crippen molar-refractivity contribution >= 4 is 5.91 Å². The van der Waals surface area contributed by atoms with Crippen LogP contribution in [-0.4, -0.2) is 43.0 Å². The lowest BCUT2D eigenvalue weighted by Gasteiger charge is -2.30. The van der Waals surface area contributed by atoms with E-state index in [2.05, 4.69) is 37.9 Å². The summed E-state index contributed by atoms with van der Waals surface area (Å²) in [6.45, 7) is 12.8. The molecule has 0 radical (unpaired) electrons. The molecule has 1 unspecified atom stereocenters. The Morgan fingerprint density at radius 2 is 1.95 bits per heavy atom. The van der Waals surface area contributed by atoms with Gasteiger partial charge in [0.05, 0.1) is 0 Å². The predicted molar refractivity (Wildman–Crippen MR) is 84.5 cm³/mol. The molecule has 0 aliphatic carbocycles. The van der Waals surface area contributed by atoms with Crippen LogP contribution in [0.1, 0.15) is 53.4 Å². The number of rotatable bonds is 6. The monoisotopic (exact) mass is 283 g/mol. The number of hydrogen-bond acceptors (Lipinski definition) is 3. The summed E-state index contributed by atoms with van der Waals surface area (Å²) in [7, 11) is 0. The summed E-state index contributed by atoms with van der Waals surface area (Å²) in [5.41, 5.74) is 6.00. The molecule has 1 amide bonds. The highest BCUT2D eigenvalue weighted by Crippen LogP contribution is 2.19. The summed E-state index contributed by atoms with van der Waals surface area (Å²) in [6, 6.07) is -0.0777. The van der Waals surface area contributed by atoms with Gasteiger partial charge in [0.15, 0.2) is 0 Å². The van der Waals surface area contributed by atoms with Crippen molar-refractivity contribution in [2.75, 3.05) is 26.2 Å². The normalized spacial score (nSPS) is 19.9. The number of carbonyl (C=O) groups excluding carboxylic acids is 1. The molecule has 0 aromatic carbocycles. The van der Waals surface area contributed by atoms with Crippen LogP contribution in [0.25, 0.3) is 0 Å². The molecule has 0 aromatic rings. The Labute approximate surface area is 124 Å². The fourth-order valence-electron chi connectivity index (χ4n) is 2.39. The van der Waals surface area contributed by atoms with Crippen molar-refractivity contribution in [2.45, 2.75) is 59.4 Å². The Balaban J connectivity index is 2.07. The van der Waals surface area contributed by atoms with Crippen molar-refractivity contribution in [3.8, 4) is 0 Å². The molecule has 4 nitrogen and oxygen atoms in total. The highest BCUT2D eigenvalue weighted by molar-refractivity contribution is 5.76. The molecule has 118 valence electrons. The summed E-state index contributed by atoms with van der Waals surface area (Å²) in [6.07, 6.45) is 4.08. The number of nitrogens with two attached hydrogens (primary N) is 1. The standard InChI is InChI=1S/C16H33N3O/c1-13-6-10-19(11-7-13)9-5-8-18-15(20)12-14(17)16(2,3)4/h13-14H,5-12,17H2,1-4H3,(H,18,20). The first-order valence-electron chi connectivity index (χ1n) is 8.03. The number of carbonyl (C=O) groups is 1. The van der Waals surface area contributed by atoms with E-state index in [-0.39, 0.29) is 17.4 Å². The molecule has 1 atom stereocenters. The van der Waals surface area contributed by atoms with E-state index in [9.17, 15) is 4.79 Å². The molecule has 3 N–H and O–H groups in total. The highest BCUT2D eigenvalue weighted by atomic mass is 16.1. The van der Waals surface area contributed by atoms with E-state index in [1.807, 2.05) is 0 Å². The van der Waals surface area contributed by atoms with E-state index >= 15 is 0 Å². The minimum Gasteiger partial charge on any atom is -0.356 e. The van der Waals surface area contributed by atoms with Gasteiger partial charge in [-0.05, 0) is 50.2 Å². The maximum absolute atomic E-state index is 11.8. The highest BCUT2D eigenvalue weighted by Gasteiger charge is 2.23. The van der Waals surface area contributed by atoms with Crippen LogP contribution < -0.4 is 11.1 Å². The van der Waals surface area contributed by atoms with Gasteiger partial charge in [-0.25, -0.2) is 0 Å². The number of hydrogen-bond donors (Lipinski definition) is 2. The van der Waals surface area contributed by atoms with Crippen molar-refractivity contribution in [3.05, 3.63) is 0 Å². The maximum atomic E-state index is 11.8. The Bertz CT molecular complexity index is 291. The van der Waals surface area contributed by atoms with Gasteiger partial charge in [0.25, 0.3) is 0 Å². The third kappa shape index (κ3) is 6.71. The first-order chi connectivity index (χ1) is 9.29. The van der Waals surface area contributed by atoms with Gasteiger partial charge in [-0.1, -0.05) is 27.7 Å². The number of likely N-dealkylation sites (tertiary alicyclic amines) is 1. The molecule has 0 saturated carbocycles. The van der Waals surface area contributed by atoms with Crippen LogP contribution in [0, 0.1) is 11.3 Å². The van der Waals surface area contributed by atoms with Crippen LogP contribution in [0.5, 0.6) is 0 Å². The van der Waals surface area contributed by atoms with E-state index < -0.39 is 0 Å². The first kappa shape index (κ1) is 17.4. The van der Waals surface area contributed by atoms with E-state index in [0.29, 0.717) is 6.42 Å². The molecule has 1 fully saturated rings. The number of nitrogens with one attached hydrogen (secondary N) is 1. The Hall–Kier alpha value is -0.610. The van der Waals surface area contributed by atoms with Crippen molar-refractivity contribution in [3.63, 3.8) is 0 Å². The lowest BCUT2D eigenvalue weighted by atomic mass is 9.85. The minimum absolute atomic E-state index is 0.0121. The van der Waals surface area contributed by atoms with Crippen LogP contribution in [-0.2, 0) is 4.79 Å². The van der Waals surface area contributed by atoms with Crippen LogP contribution in [0.2, 0.25) is 0 Å². The van der Waals surface area contributed by atoms with Gasteiger partial charge < -0.3 is 16.0 Å². The average molecular weight is 283 g/mol. The van der Waals surface area contributed by atoms with Gasteiger partial charge in [-0.15, -0.1) is 0 Å². The van der Waals surface area contributed by atoms with Gasteiger partial charge in [0.1, 0.15) is 0 Å². The van der Waals surface area contributed by atoms with E-state index in [0.717, 1.165) is 25.4 Å². The molecule has 0 bridgehead atoms. The Morgan fingerprint density at radius 3 is 2.50 bits per heavy atom. The minimum atomic E-state index is -0.0777. The Kier molecular flexibility index (Phi) is 6.96. The lowest BCUT2D eigenvalue weighted by molar-refractivity contribution is -0.121. The molecule has 1 saturated heterocycles. The summed E-state index contributed by atoms with van der Waals surface area (Å²) in [5, 5.41) is 2.99. The SMILES string of the molecule is CC1CCN(CCCNC(=O)CC(N)C(C)(C)C)CC1. The third-order valence-electron chi connectivity index (χ3n) is 4.37. The maximum Gasteiger partial charge on any atom is 0.221 e. The van der Waals surface area contributed by atoms with Crippen LogP contribution in [0.4, 0.5) is 0 Å². The van der Waals surface area contributed by atoms with Crippen molar-refractivity contribution < 1.29 is 4.79 Å². The zero-order valence-electron chi connectivity index (χ0n) is 13.7. The van der Waals surface area contributed by atoms with Crippen molar-refractivity contribution in [1.29, 1.82) is 0 Å². The molecule has 0 spiro atoms.